The van der Waals surface area contributed by atoms with E-state index < -0.39 is 6.10 Å². The van der Waals surface area contributed by atoms with Gasteiger partial charge in [0.05, 0.1) is 31.0 Å². The molecule has 1 aliphatic heterocycles. The van der Waals surface area contributed by atoms with Crippen molar-refractivity contribution in [2.75, 3.05) is 6.61 Å². The number of nitrogens with one attached hydrogen (secondary N) is 1. The molecule has 0 aromatic carbocycles. The summed E-state index contributed by atoms with van der Waals surface area (Å²) in [6.45, 7) is 3.24. The van der Waals surface area contributed by atoms with Crippen LogP contribution in [0.5, 0.6) is 0 Å². The Morgan fingerprint density at radius 2 is 2.27 bits per heavy atom. The summed E-state index contributed by atoms with van der Waals surface area (Å²) in [5.41, 5.74) is 0. The molecule has 0 radical (unpaired) electrons. The number of aliphatic hydroxyl groups excluding tert-OH is 2. The molecular formula is C10H19NO4. The molecule has 0 aromatic rings. The maximum atomic E-state index is 10.9. The minimum absolute atomic E-state index is 0.0969. The van der Waals surface area contributed by atoms with Gasteiger partial charge in [0, 0.05) is 13.3 Å². The van der Waals surface area contributed by atoms with Crippen molar-refractivity contribution in [3.8, 4) is 0 Å². The number of aliphatic hydroxyl groups is 2. The summed E-state index contributed by atoms with van der Waals surface area (Å²) >= 11 is 0. The van der Waals surface area contributed by atoms with Crippen LogP contribution in [0.2, 0.25) is 0 Å². The number of hydrogen-bond donors (Lipinski definition) is 3. The van der Waals surface area contributed by atoms with Crippen LogP contribution >= 0.6 is 0 Å². The maximum Gasteiger partial charge on any atom is 0.217 e. The quantitative estimate of drug-likeness (QED) is 0.590. The molecule has 88 valence electrons. The Morgan fingerprint density at radius 1 is 1.60 bits per heavy atom. The highest BCUT2D eigenvalue weighted by molar-refractivity contribution is 5.73. The highest BCUT2D eigenvalue weighted by Crippen LogP contribution is 2.22. The predicted molar refractivity (Wildman–Crippen MR) is 54.3 cm³/mol. The standard InChI is InChI=1S/C10H19NO4/c1-3-9-10(11-6(2)13)8(14)4-7(5-12)15-9/h7-10,12,14H,3-5H2,1-2H3,(H,11,13). The van der Waals surface area contributed by atoms with E-state index in [-0.39, 0.29) is 30.8 Å². The molecule has 15 heavy (non-hydrogen) atoms. The van der Waals surface area contributed by atoms with Crippen LogP contribution in [-0.2, 0) is 9.53 Å². The van der Waals surface area contributed by atoms with Gasteiger partial charge in [-0.2, -0.15) is 0 Å². The summed E-state index contributed by atoms with van der Waals surface area (Å²) in [5, 5.41) is 21.5. The lowest BCUT2D eigenvalue weighted by atomic mass is 9.94. The Morgan fingerprint density at radius 3 is 2.73 bits per heavy atom. The molecule has 0 spiro atoms. The van der Waals surface area contributed by atoms with E-state index in [2.05, 4.69) is 5.32 Å². The molecule has 0 aromatic heterocycles. The van der Waals surface area contributed by atoms with Crippen molar-refractivity contribution in [1.29, 1.82) is 0 Å². The second-order valence-corrected chi connectivity index (χ2v) is 3.92. The molecule has 1 rings (SSSR count). The molecular weight excluding hydrogens is 198 g/mol. The average Bonchev–Trinajstić information content (AvgIpc) is 2.20. The molecule has 1 aliphatic rings. The van der Waals surface area contributed by atoms with Crippen molar-refractivity contribution in [1.82, 2.24) is 5.32 Å². The second-order valence-electron chi connectivity index (χ2n) is 3.92. The van der Waals surface area contributed by atoms with E-state index in [4.69, 9.17) is 9.84 Å². The molecule has 0 saturated carbocycles. The largest absolute Gasteiger partial charge is 0.394 e. The molecule has 1 heterocycles. The van der Waals surface area contributed by atoms with E-state index in [9.17, 15) is 9.90 Å². The normalized spacial score (nSPS) is 36.3. The number of carbonyl (C=O) groups is 1. The van der Waals surface area contributed by atoms with Gasteiger partial charge in [-0.05, 0) is 6.42 Å². The van der Waals surface area contributed by atoms with Gasteiger partial charge >= 0.3 is 0 Å². The Labute approximate surface area is 89.4 Å². The van der Waals surface area contributed by atoms with Crippen LogP contribution in [0.3, 0.4) is 0 Å². The van der Waals surface area contributed by atoms with Crippen LogP contribution in [0.1, 0.15) is 26.7 Å². The zero-order valence-electron chi connectivity index (χ0n) is 9.14. The number of rotatable bonds is 3. The number of carbonyl (C=O) groups excluding carboxylic acids is 1. The minimum atomic E-state index is -0.648. The van der Waals surface area contributed by atoms with E-state index in [0.717, 1.165) is 0 Å². The van der Waals surface area contributed by atoms with Gasteiger partial charge in [-0.15, -0.1) is 0 Å². The average molecular weight is 217 g/mol. The van der Waals surface area contributed by atoms with Gasteiger partial charge in [-0.25, -0.2) is 0 Å². The summed E-state index contributed by atoms with van der Waals surface area (Å²) in [6.07, 6.45) is -0.147. The van der Waals surface area contributed by atoms with Gasteiger partial charge < -0.3 is 20.3 Å². The molecule has 0 bridgehead atoms. The van der Waals surface area contributed by atoms with Crippen LogP contribution in [-0.4, -0.2) is 47.1 Å². The van der Waals surface area contributed by atoms with Crippen molar-refractivity contribution in [3.63, 3.8) is 0 Å². The third-order valence-electron chi connectivity index (χ3n) is 2.66. The minimum Gasteiger partial charge on any atom is -0.394 e. The lowest BCUT2D eigenvalue weighted by Crippen LogP contribution is -2.57. The van der Waals surface area contributed by atoms with E-state index in [1.165, 1.54) is 6.92 Å². The summed E-state index contributed by atoms with van der Waals surface area (Å²) in [4.78, 5) is 10.9. The van der Waals surface area contributed by atoms with E-state index in [1.807, 2.05) is 6.92 Å². The summed E-state index contributed by atoms with van der Waals surface area (Å²) in [5.74, 6) is -0.177. The van der Waals surface area contributed by atoms with Gasteiger partial charge in [0.1, 0.15) is 0 Å². The molecule has 1 amide bonds. The number of ether oxygens (including phenoxy) is 1. The van der Waals surface area contributed by atoms with Crippen LogP contribution < -0.4 is 5.32 Å². The first-order valence-corrected chi connectivity index (χ1v) is 5.30. The number of hydrogen-bond acceptors (Lipinski definition) is 4. The molecule has 4 unspecified atom stereocenters. The van der Waals surface area contributed by atoms with Gasteiger partial charge in [-0.3, -0.25) is 4.79 Å². The third kappa shape index (κ3) is 3.15. The Balaban J connectivity index is 2.64. The highest BCUT2D eigenvalue weighted by Gasteiger charge is 2.36. The molecule has 4 atom stereocenters. The predicted octanol–water partition coefficient (Wildman–Crippen LogP) is -0.588. The van der Waals surface area contributed by atoms with Crippen molar-refractivity contribution in [3.05, 3.63) is 0 Å². The zero-order chi connectivity index (χ0) is 11.4. The van der Waals surface area contributed by atoms with E-state index in [1.54, 1.807) is 0 Å². The van der Waals surface area contributed by atoms with Crippen LogP contribution in [0, 0.1) is 0 Å². The molecule has 5 heteroatoms. The lowest BCUT2D eigenvalue weighted by Gasteiger charge is -2.39. The summed E-state index contributed by atoms with van der Waals surface area (Å²) in [7, 11) is 0. The maximum absolute atomic E-state index is 10.9. The summed E-state index contributed by atoms with van der Waals surface area (Å²) in [6, 6.07) is -0.365. The summed E-state index contributed by atoms with van der Waals surface area (Å²) < 4.78 is 5.54. The van der Waals surface area contributed by atoms with Gasteiger partial charge in [0.25, 0.3) is 0 Å². The van der Waals surface area contributed by atoms with Crippen molar-refractivity contribution in [2.45, 2.75) is 51.0 Å². The Bertz CT molecular complexity index is 221. The Kier molecular flexibility index (Phi) is 4.50. The fraction of sp³-hybridized carbons (Fsp3) is 0.900. The first-order valence-electron chi connectivity index (χ1n) is 5.30. The van der Waals surface area contributed by atoms with Crippen molar-refractivity contribution in [2.24, 2.45) is 0 Å². The third-order valence-corrected chi connectivity index (χ3v) is 2.66. The zero-order valence-corrected chi connectivity index (χ0v) is 9.14. The smallest absolute Gasteiger partial charge is 0.217 e. The molecule has 5 nitrogen and oxygen atoms in total. The van der Waals surface area contributed by atoms with E-state index in [0.29, 0.717) is 12.8 Å². The molecule has 1 fully saturated rings. The SMILES string of the molecule is CCC1OC(CO)CC(O)C1NC(C)=O. The van der Waals surface area contributed by atoms with Crippen molar-refractivity contribution < 1.29 is 19.7 Å². The first-order chi connectivity index (χ1) is 7.08. The molecule has 3 N–H and O–H groups in total. The van der Waals surface area contributed by atoms with Crippen molar-refractivity contribution >= 4 is 5.91 Å². The number of amides is 1. The van der Waals surface area contributed by atoms with Gasteiger partial charge in [-0.1, -0.05) is 6.92 Å². The van der Waals surface area contributed by atoms with Gasteiger partial charge in [0.2, 0.25) is 5.91 Å². The van der Waals surface area contributed by atoms with Crippen LogP contribution in [0.4, 0.5) is 0 Å². The Hall–Kier alpha value is -0.650. The molecule has 1 saturated heterocycles. The lowest BCUT2D eigenvalue weighted by molar-refractivity contribution is -0.142. The topological polar surface area (TPSA) is 78.8 Å². The second kappa shape index (κ2) is 5.44. The molecule has 0 aliphatic carbocycles. The first kappa shape index (κ1) is 12.4. The van der Waals surface area contributed by atoms with Gasteiger partial charge in [0.15, 0.2) is 0 Å². The van der Waals surface area contributed by atoms with E-state index >= 15 is 0 Å². The highest BCUT2D eigenvalue weighted by atomic mass is 16.5. The van der Waals surface area contributed by atoms with Crippen LogP contribution in [0.15, 0.2) is 0 Å². The fourth-order valence-electron chi connectivity index (χ4n) is 1.94. The van der Waals surface area contributed by atoms with Crippen LogP contribution in [0.25, 0.3) is 0 Å². The monoisotopic (exact) mass is 217 g/mol. The fourth-order valence-corrected chi connectivity index (χ4v) is 1.94.